The SMILES string of the molecule is CS/C(Nc1ccc(Cl)cc1)=C(\C#N)S(C)(=O)=O. The molecule has 0 saturated carbocycles. The summed E-state index contributed by atoms with van der Waals surface area (Å²) in [4.78, 5) is -0.273. The maximum Gasteiger partial charge on any atom is 0.188 e. The molecule has 4 nitrogen and oxygen atoms in total. The van der Waals surface area contributed by atoms with Crippen molar-refractivity contribution in [1.29, 1.82) is 5.26 Å². The van der Waals surface area contributed by atoms with E-state index in [1.807, 2.05) is 0 Å². The van der Waals surface area contributed by atoms with Gasteiger partial charge in [0.1, 0.15) is 11.1 Å². The first-order valence-corrected chi connectivity index (χ1v) is 8.29. The van der Waals surface area contributed by atoms with Crippen LogP contribution in [0.25, 0.3) is 0 Å². The van der Waals surface area contributed by atoms with Crippen LogP contribution in [0.4, 0.5) is 5.69 Å². The van der Waals surface area contributed by atoms with Gasteiger partial charge in [0, 0.05) is 17.0 Å². The molecule has 96 valence electrons. The number of nitrogens with zero attached hydrogens (tertiary/aromatic N) is 1. The van der Waals surface area contributed by atoms with Gasteiger partial charge in [0.05, 0.1) is 0 Å². The molecule has 1 N–H and O–H groups in total. The number of allylic oxidation sites excluding steroid dienone is 1. The Hall–Kier alpha value is -1.16. The fraction of sp³-hybridized carbons (Fsp3) is 0.182. The van der Waals surface area contributed by atoms with Crippen LogP contribution in [-0.2, 0) is 9.84 Å². The first-order valence-electron chi connectivity index (χ1n) is 4.79. The third-order valence-corrected chi connectivity index (χ3v) is 4.12. The van der Waals surface area contributed by atoms with Gasteiger partial charge in [0.2, 0.25) is 0 Å². The average molecular weight is 303 g/mol. The second kappa shape index (κ2) is 6.14. The first-order chi connectivity index (χ1) is 8.38. The summed E-state index contributed by atoms with van der Waals surface area (Å²) in [6.45, 7) is 0. The highest BCUT2D eigenvalue weighted by Crippen LogP contribution is 2.24. The maximum absolute atomic E-state index is 11.5. The Balaban J connectivity index is 3.16. The molecule has 0 amide bonds. The number of rotatable bonds is 4. The Kier molecular flexibility index (Phi) is 5.08. The summed E-state index contributed by atoms with van der Waals surface area (Å²) < 4.78 is 22.9. The van der Waals surface area contributed by atoms with E-state index >= 15 is 0 Å². The molecule has 0 aliphatic rings. The number of halogens is 1. The van der Waals surface area contributed by atoms with Crippen LogP contribution in [0, 0.1) is 11.3 Å². The van der Waals surface area contributed by atoms with Crippen molar-refractivity contribution in [3.8, 4) is 6.07 Å². The normalized spacial score (nSPS) is 12.6. The van der Waals surface area contributed by atoms with Gasteiger partial charge in [-0.05, 0) is 30.5 Å². The molecule has 0 aliphatic carbocycles. The number of thioether (sulfide) groups is 1. The van der Waals surface area contributed by atoms with E-state index in [4.69, 9.17) is 16.9 Å². The van der Waals surface area contributed by atoms with Gasteiger partial charge in [-0.2, -0.15) is 5.26 Å². The molecule has 0 fully saturated rings. The first kappa shape index (κ1) is 14.9. The second-order valence-corrected chi connectivity index (χ2v) is 6.58. The zero-order valence-electron chi connectivity index (χ0n) is 9.77. The van der Waals surface area contributed by atoms with Crippen molar-refractivity contribution in [3.63, 3.8) is 0 Å². The molecule has 18 heavy (non-hydrogen) atoms. The molecule has 0 radical (unpaired) electrons. The number of hydrogen-bond donors (Lipinski definition) is 1. The van der Waals surface area contributed by atoms with Crippen LogP contribution in [0.5, 0.6) is 0 Å². The van der Waals surface area contributed by atoms with Crippen molar-refractivity contribution in [2.24, 2.45) is 0 Å². The van der Waals surface area contributed by atoms with E-state index in [-0.39, 0.29) is 4.91 Å². The molecule has 0 aliphatic heterocycles. The third-order valence-electron chi connectivity index (χ3n) is 1.98. The quantitative estimate of drug-likeness (QED) is 0.866. The summed E-state index contributed by atoms with van der Waals surface area (Å²) in [7, 11) is -3.55. The number of anilines is 1. The van der Waals surface area contributed by atoms with Gasteiger partial charge in [-0.1, -0.05) is 11.6 Å². The molecule has 0 saturated heterocycles. The van der Waals surface area contributed by atoms with E-state index in [0.717, 1.165) is 18.0 Å². The van der Waals surface area contributed by atoms with Crippen molar-refractivity contribution < 1.29 is 8.42 Å². The smallest absolute Gasteiger partial charge is 0.188 e. The van der Waals surface area contributed by atoms with Crippen molar-refractivity contribution in [2.45, 2.75) is 0 Å². The summed E-state index contributed by atoms with van der Waals surface area (Å²) in [5.74, 6) is 0. The van der Waals surface area contributed by atoms with E-state index in [1.165, 1.54) is 0 Å². The van der Waals surface area contributed by atoms with Gasteiger partial charge >= 0.3 is 0 Å². The van der Waals surface area contributed by atoms with Gasteiger partial charge < -0.3 is 5.32 Å². The van der Waals surface area contributed by atoms with E-state index in [0.29, 0.717) is 15.7 Å². The van der Waals surface area contributed by atoms with Crippen LogP contribution in [0.3, 0.4) is 0 Å². The fourth-order valence-corrected chi connectivity index (χ4v) is 3.00. The molecule has 0 unspecified atom stereocenters. The monoisotopic (exact) mass is 302 g/mol. The van der Waals surface area contributed by atoms with Gasteiger partial charge in [0.15, 0.2) is 14.7 Å². The summed E-state index contributed by atoms with van der Waals surface area (Å²) in [6, 6.07) is 8.47. The molecule has 1 aromatic carbocycles. The van der Waals surface area contributed by atoms with Crippen LogP contribution in [-0.4, -0.2) is 20.9 Å². The Morgan fingerprint density at radius 1 is 1.39 bits per heavy atom. The Labute approximate surface area is 116 Å². The van der Waals surface area contributed by atoms with E-state index in [9.17, 15) is 8.42 Å². The van der Waals surface area contributed by atoms with Crippen LogP contribution in [0.15, 0.2) is 34.2 Å². The highest BCUT2D eigenvalue weighted by atomic mass is 35.5. The zero-order chi connectivity index (χ0) is 13.8. The topological polar surface area (TPSA) is 70.0 Å². The van der Waals surface area contributed by atoms with Gasteiger partial charge in [-0.15, -0.1) is 11.8 Å². The third kappa shape index (κ3) is 3.95. The molecular formula is C11H11ClN2O2S2. The lowest BCUT2D eigenvalue weighted by molar-refractivity contribution is 0.608. The molecule has 1 rings (SSSR count). The van der Waals surface area contributed by atoms with E-state index < -0.39 is 9.84 Å². The molecule has 0 heterocycles. The fourth-order valence-electron chi connectivity index (χ4n) is 1.17. The highest BCUT2D eigenvalue weighted by Gasteiger charge is 2.17. The van der Waals surface area contributed by atoms with Crippen molar-refractivity contribution in [3.05, 3.63) is 39.2 Å². The predicted molar refractivity (Wildman–Crippen MR) is 76.1 cm³/mol. The van der Waals surface area contributed by atoms with E-state index in [1.54, 1.807) is 36.6 Å². The molecule has 0 bridgehead atoms. The Bertz CT molecular complexity index is 601. The second-order valence-electron chi connectivity index (χ2n) is 3.38. The predicted octanol–water partition coefficient (Wildman–Crippen LogP) is 2.85. The summed E-state index contributed by atoms with van der Waals surface area (Å²) in [5, 5.41) is 12.7. The van der Waals surface area contributed by atoms with Crippen molar-refractivity contribution in [1.82, 2.24) is 0 Å². The van der Waals surface area contributed by atoms with Crippen LogP contribution < -0.4 is 5.32 Å². The molecule has 7 heteroatoms. The van der Waals surface area contributed by atoms with Gasteiger partial charge in [-0.25, -0.2) is 8.42 Å². The van der Waals surface area contributed by atoms with Crippen molar-refractivity contribution in [2.75, 3.05) is 17.8 Å². The van der Waals surface area contributed by atoms with E-state index in [2.05, 4.69) is 5.32 Å². The minimum absolute atomic E-state index is 0.273. The minimum atomic E-state index is -3.55. The summed E-state index contributed by atoms with van der Waals surface area (Å²) in [5.41, 5.74) is 0.667. The van der Waals surface area contributed by atoms with Crippen LogP contribution >= 0.6 is 23.4 Å². The lowest BCUT2D eigenvalue weighted by Gasteiger charge is -2.10. The lowest BCUT2D eigenvalue weighted by Crippen LogP contribution is -2.07. The number of sulfone groups is 1. The van der Waals surface area contributed by atoms with Crippen LogP contribution in [0.2, 0.25) is 5.02 Å². The zero-order valence-corrected chi connectivity index (χ0v) is 12.2. The van der Waals surface area contributed by atoms with Crippen molar-refractivity contribution >= 4 is 38.9 Å². The average Bonchev–Trinajstić information content (AvgIpc) is 2.29. The molecular weight excluding hydrogens is 292 g/mol. The summed E-state index contributed by atoms with van der Waals surface area (Å²) in [6.07, 6.45) is 2.70. The largest absolute Gasteiger partial charge is 0.349 e. The molecule has 0 atom stereocenters. The minimum Gasteiger partial charge on any atom is -0.349 e. The standard InChI is InChI=1S/C11H11ClN2O2S2/c1-17-11(10(7-13)18(2,15)16)14-9-5-3-8(12)4-6-9/h3-6,14H,1-2H3/b11-10+. The number of nitrogens with one attached hydrogen (secondary N) is 1. The van der Waals surface area contributed by atoms with Gasteiger partial charge in [-0.3, -0.25) is 0 Å². The molecule has 0 aromatic heterocycles. The number of hydrogen-bond acceptors (Lipinski definition) is 5. The Morgan fingerprint density at radius 2 is 1.94 bits per heavy atom. The van der Waals surface area contributed by atoms with Gasteiger partial charge in [0.25, 0.3) is 0 Å². The number of benzene rings is 1. The Morgan fingerprint density at radius 3 is 2.33 bits per heavy atom. The maximum atomic E-state index is 11.5. The lowest BCUT2D eigenvalue weighted by atomic mass is 10.3. The highest BCUT2D eigenvalue weighted by molar-refractivity contribution is 8.04. The number of nitriles is 1. The summed E-state index contributed by atoms with van der Waals surface area (Å²) >= 11 is 6.91. The van der Waals surface area contributed by atoms with Crippen LogP contribution in [0.1, 0.15) is 0 Å². The molecule has 1 aromatic rings. The molecule has 0 spiro atoms.